The molecule has 0 heterocycles. The zero-order valence-corrected chi connectivity index (χ0v) is 12.0. The summed E-state index contributed by atoms with van der Waals surface area (Å²) < 4.78 is 11.3. The largest absolute Gasteiger partial charge is 0.414 e. The lowest BCUT2D eigenvalue weighted by Crippen LogP contribution is -2.38. The van der Waals surface area contributed by atoms with E-state index in [0.717, 1.165) is 13.2 Å². The average Bonchev–Trinajstić information content (AvgIpc) is 2.19. The van der Waals surface area contributed by atoms with Gasteiger partial charge < -0.3 is 9.16 Å². The predicted octanol–water partition coefficient (Wildman–Crippen LogP) is 3.82. The van der Waals surface area contributed by atoms with Crippen molar-refractivity contribution in [2.75, 3.05) is 20.3 Å². The number of methoxy groups -OCH3 is 1. The van der Waals surface area contributed by atoms with E-state index in [1.54, 1.807) is 7.11 Å². The summed E-state index contributed by atoms with van der Waals surface area (Å²) in [5.74, 6) is 0. The summed E-state index contributed by atoms with van der Waals surface area (Å²) in [6.45, 7) is 8.35. The van der Waals surface area contributed by atoms with Crippen LogP contribution in [0.4, 0.5) is 0 Å². The molecular formula is C12H28O2Si. The highest BCUT2D eigenvalue weighted by atomic mass is 28.4. The summed E-state index contributed by atoms with van der Waals surface area (Å²) in [6, 6.07) is 3.95. The van der Waals surface area contributed by atoms with E-state index in [1.807, 2.05) is 0 Å². The molecule has 0 aromatic carbocycles. The molecule has 0 fully saturated rings. The van der Waals surface area contributed by atoms with Gasteiger partial charge in [0.15, 0.2) is 8.32 Å². The van der Waals surface area contributed by atoms with Crippen LogP contribution in [0.5, 0.6) is 0 Å². The first-order chi connectivity index (χ1) is 7.24. The normalized spacial score (nSPS) is 12.0. The van der Waals surface area contributed by atoms with Crippen molar-refractivity contribution in [3.05, 3.63) is 0 Å². The van der Waals surface area contributed by atoms with Crippen LogP contribution in [0.2, 0.25) is 18.1 Å². The van der Waals surface area contributed by atoms with Gasteiger partial charge in [0.1, 0.15) is 0 Å². The molecule has 0 unspecified atom stereocenters. The zero-order valence-electron chi connectivity index (χ0n) is 11.0. The minimum absolute atomic E-state index is 0.742. The molecule has 0 saturated carbocycles. The van der Waals surface area contributed by atoms with Gasteiger partial charge in [-0.05, 0) is 18.1 Å². The molecule has 0 aliphatic carbocycles. The lowest BCUT2D eigenvalue weighted by atomic mass is 10.6. The first-order valence-corrected chi connectivity index (χ1v) is 8.90. The Hall–Kier alpha value is 0.137. The van der Waals surface area contributed by atoms with Crippen LogP contribution in [0.3, 0.4) is 0 Å². The van der Waals surface area contributed by atoms with Gasteiger partial charge in [-0.25, -0.2) is 0 Å². The summed E-state index contributed by atoms with van der Waals surface area (Å²) in [6.07, 6.45) is 3.79. The molecule has 92 valence electrons. The fourth-order valence-corrected chi connectivity index (χ4v) is 6.73. The molecule has 0 aliphatic rings. The number of ether oxygens (including phenoxy) is 1. The second-order valence-electron chi connectivity index (χ2n) is 4.27. The SMILES string of the molecule is CCC[Si](CCC)(CCC)OCCOC. The molecule has 0 aliphatic heterocycles. The maximum absolute atomic E-state index is 6.21. The molecular weight excluding hydrogens is 204 g/mol. The van der Waals surface area contributed by atoms with Crippen molar-refractivity contribution in [2.45, 2.75) is 58.2 Å². The Morgan fingerprint density at radius 3 is 1.60 bits per heavy atom. The Balaban J connectivity index is 4.18. The smallest absolute Gasteiger partial charge is 0.192 e. The number of hydrogen-bond acceptors (Lipinski definition) is 2. The second-order valence-corrected chi connectivity index (χ2v) is 8.43. The second kappa shape index (κ2) is 9.37. The van der Waals surface area contributed by atoms with Crippen LogP contribution in [-0.4, -0.2) is 28.6 Å². The van der Waals surface area contributed by atoms with E-state index in [-0.39, 0.29) is 0 Å². The third kappa shape index (κ3) is 6.33. The molecule has 0 saturated heterocycles. The van der Waals surface area contributed by atoms with Gasteiger partial charge in [0, 0.05) is 7.11 Å². The fourth-order valence-electron chi connectivity index (χ4n) is 2.30. The Morgan fingerprint density at radius 2 is 1.27 bits per heavy atom. The predicted molar refractivity (Wildman–Crippen MR) is 68.9 cm³/mol. The molecule has 15 heavy (non-hydrogen) atoms. The molecule has 0 aromatic rings. The highest BCUT2D eigenvalue weighted by Gasteiger charge is 2.31. The van der Waals surface area contributed by atoms with E-state index in [2.05, 4.69) is 20.8 Å². The van der Waals surface area contributed by atoms with Crippen molar-refractivity contribution in [2.24, 2.45) is 0 Å². The van der Waals surface area contributed by atoms with Crippen LogP contribution in [0.1, 0.15) is 40.0 Å². The van der Waals surface area contributed by atoms with Crippen LogP contribution in [0, 0.1) is 0 Å². The fraction of sp³-hybridized carbons (Fsp3) is 1.00. The summed E-state index contributed by atoms with van der Waals surface area (Å²) in [5.41, 5.74) is 0. The summed E-state index contributed by atoms with van der Waals surface area (Å²) in [7, 11) is 0.329. The van der Waals surface area contributed by atoms with Crippen LogP contribution in [0.15, 0.2) is 0 Å². The molecule has 3 heteroatoms. The van der Waals surface area contributed by atoms with Gasteiger partial charge in [0.05, 0.1) is 13.2 Å². The quantitative estimate of drug-likeness (QED) is 0.421. The maximum atomic E-state index is 6.21. The highest BCUT2D eigenvalue weighted by molar-refractivity contribution is 6.73. The Labute approximate surface area is 96.5 Å². The molecule has 0 N–H and O–H groups in total. The standard InChI is InChI=1S/C12H28O2Si/c1-5-10-15(11-6-2,12-7-3)14-9-8-13-4/h5-12H2,1-4H3. The van der Waals surface area contributed by atoms with Gasteiger partial charge in [-0.2, -0.15) is 0 Å². The van der Waals surface area contributed by atoms with Crippen molar-refractivity contribution >= 4 is 8.32 Å². The van der Waals surface area contributed by atoms with Crippen molar-refractivity contribution < 1.29 is 9.16 Å². The van der Waals surface area contributed by atoms with Gasteiger partial charge in [0.2, 0.25) is 0 Å². The van der Waals surface area contributed by atoms with Crippen molar-refractivity contribution in [3.63, 3.8) is 0 Å². The topological polar surface area (TPSA) is 18.5 Å². The molecule has 0 radical (unpaired) electrons. The van der Waals surface area contributed by atoms with Gasteiger partial charge in [0.25, 0.3) is 0 Å². The summed E-state index contributed by atoms with van der Waals surface area (Å²) in [5, 5.41) is 0. The lowest BCUT2D eigenvalue weighted by molar-refractivity contribution is 0.140. The Morgan fingerprint density at radius 1 is 0.800 bits per heavy atom. The molecule has 0 amide bonds. The maximum Gasteiger partial charge on any atom is 0.192 e. The van der Waals surface area contributed by atoms with Crippen molar-refractivity contribution in [1.82, 2.24) is 0 Å². The monoisotopic (exact) mass is 232 g/mol. The minimum Gasteiger partial charge on any atom is -0.414 e. The van der Waals surface area contributed by atoms with Crippen LogP contribution >= 0.6 is 0 Å². The highest BCUT2D eigenvalue weighted by Crippen LogP contribution is 2.27. The van der Waals surface area contributed by atoms with Gasteiger partial charge in [-0.3, -0.25) is 0 Å². The van der Waals surface area contributed by atoms with E-state index in [1.165, 1.54) is 37.4 Å². The number of hydrogen-bond donors (Lipinski definition) is 0. The van der Waals surface area contributed by atoms with Crippen molar-refractivity contribution in [1.29, 1.82) is 0 Å². The Bertz CT molecular complexity index is 123. The summed E-state index contributed by atoms with van der Waals surface area (Å²) >= 11 is 0. The molecule has 0 atom stereocenters. The van der Waals surface area contributed by atoms with E-state index in [4.69, 9.17) is 9.16 Å². The molecule has 0 rings (SSSR count). The Kier molecular flexibility index (Phi) is 9.45. The van der Waals surface area contributed by atoms with Crippen LogP contribution < -0.4 is 0 Å². The zero-order chi connectivity index (χ0) is 11.6. The molecule has 0 aromatic heterocycles. The van der Waals surface area contributed by atoms with E-state index >= 15 is 0 Å². The first kappa shape index (κ1) is 15.1. The van der Waals surface area contributed by atoms with E-state index < -0.39 is 8.32 Å². The third-order valence-electron chi connectivity index (χ3n) is 2.81. The van der Waals surface area contributed by atoms with Gasteiger partial charge >= 0.3 is 0 Å². The van der Waals surface area contributed by atoms with Crippen molar-refractivity contribution in [3.8, 4) is 0 Å². The minimum atomic E-state index is -1.41. The average molecular weight is 232 g/mol. The lowest BCUT2D eigenvalue weighted by Gasteiger charge is -2.30. The molecule has 0 bridgehead atoms. The molecule has 0 spiro atoms. The molecule has 2 nitrogen and oxygen atoms in total. The van der Waals surface area contributed by atoms with Gasteiger partial charge in [-0.15, -0.1) is 0 Å². The van der Waals surface area contributed by atoms with Crippen LogP contribution in [0.25, 0.3) is 0 Å². The van der Waals surface area contributed by atoms with Crippen LogP contribution in [-0.2, 0) is 9.16 Å². The summed E-state index contributed by atoms with van der Waals surface area (Å²) in [4.78, 5) is 0. The third-order valence-corrected chi connectivity index (χ3v) is 7.86. The van der Waals surface area contributed by atoms with Gasteiger partial charge in [-0.1, -0.05) is 40.0 Å². The first-order valence-electron chi connectivity index (χ1n) is 6.37. The van der Waals surface area contributed by atoms with E-state index in [0.29, 0.717) is 0 Å². The number of rotatable bonds is 10. The van der Waals surface area contributed by atoms with E-state index in [9.17, 15) is 0 Å².